The quantitative estimate of drug-likeness (QED) is 0.935. The van der Waals surface area contributed by atoms with Gasteiger partial charge in [-0.3, -0.25) is 9.48 Å². The van der Waals surface area contributed by atoms with Gasteiger partial charge in [-0.15, -0.1) is 0 Å². The normalized spacial score (nSPS) is 12.3. The topological polar surface area (TPSA) is 46.9 Å². The Bertz CT molecular complexity index is 701. The molecule has 2 aromatic rings. The lowest BCUT2D eigenvalue weighted by atomic mass is 10.1. The average molecular weight is 299 g/mol. The summed E-state index contributed by atoms with van der Waals surface area (Å²) in [5.74, 6) is -0.115. The van der Waals surface area contributed by atoms with Gasteiger partial charge in [0, 0.05) is 11.4 Å². The molecule has 0 radical (unpaired) electrons. The van der Waals surface area contributed by atoms with Crippen molar-refractivity contribution in [2.24, 2.45) is 5.92 Å². The highest BCUT2D eigenvalue weighted by molar-refractivity contribution is 5.93. The van der Waals surface area contributed by atoms with E-state index in [2.05, 4.69) is 23.4 Å². The number of hydrogen-bond acceptors (Lipinski definition) is 2. The highest BCUT2D eigenvalue weighted by Gasteiger charge is 2.17. The van der Waals surface area contributed by atoms with Crippen molar-refractivity contribution in [3.63, 3.8) is 0 Å². The van der Waals surface area contributed by atoms with Gasteiger partial charge in [0.2, 0.25) is 5.91 Å². The maximum absolute atomic E-state index is 12.4. The molecule has 1 atom stereocenters. The van der Waals surface area contributed by atoms with E-state index in [1.54, 1.807) is 0 Å². The van der Waals surface area contributed by atoms with Gasteiger partial charge in [0.15, 0.2) is 0 Å². The molecule has 1 amide bonds. The SMILES string of the molecule is Cc1ccc(NC(=O)[C@H](C)Cn2nc(C)c(C)c2C)c(C)c1. The van der Waals surface area contributed by atoms with Gasteiger partial charge in [0.25, 0.3) is 0 Å². The van der Waals surface area contributed by atoms with Gasteiger partial charge in [-0.25, -0.2) is 0 Å². The van der Waals surface area contributed by atoms with Gasteiger partial charge in [-0.1, -0.05) is 24.6 Å². The Morgan fingerprint density at radius 3 is 2.45 bits per heavy atom. The third-order valence-corrected chi connectivity index (χ3v) is 4.28. The molecule has 4 heteroatoms. The fourth-order valence-electron chi connectivity index (χ4n) is 2.52. The number of nitrogens with zero attached hydrogens (tertiary/aromatic N) is 2. The summed E-state index contributed by atoms with van der Waals surface area (Å²) in [6, 6.07) is 6.05. The number of carbonyl (C=O) groups excluding carboxylic acids is 1. The predicted molar refractivity (Wildman–Crippen MR) is 90.1 cm³/mol. The monoisotopic (exact) mass is 299 g/mol. The Morgan fingerprint density at radius 2 is 1.91 bits per heavy atom. The van der Waals surface area contributed by atoms with Crippen LogP contribution in [0.25, 0.3) is 0 Å². The van der Waals surface area contributed by atoms with Crippen LogP contribution < -0.4 is 5.32 Å². The van der Waals surface area contributed by atoms with E-state index in [-0.39, 0.29) is 11.8 Å². The van der Waals surface area contributed by atoms with E-state index in [4.69, 9.17) is 0 Å². The summed E-state index contributed by atoms with van der Waals surface area (Å²) in [7, 11) is 0. The van der Waals surface area contributed by atoms with Crippen LogP contribution in [0.4, 0.5) is 5.69 Å². The lowest BCUT2D eigenvalue weighted by Gasteiger charge is -2.15. The molecule has 0 unspecified atom stereocenters. The van der Waals surface area contributed by atoms with Crippen LogP contribution in [0.1, 0.15) is 35.0 Å². The average Bonchev–Trinajstić information content (AvgIpc) is 2.69. The third-order valence-electron chi connectivity index (χ3n) is 4.28. The molecule has 0 aliphatic carbocycles. The van der Waals surface area contributed by atoms with E-state index in [1.165, 1.54) is 11.1 Å². The standard InChI is InChI=1S/C18H25N3O/c1-11-7-8-17(12(2)9-11)19-18(22)13(3)10-21-16(6)14(4)15(5)20-21/h7-9,13H,10H2,1-6H3,(H,19,22)/t13-/m1/s1. The van der Waals surface area contributed by atoms with Crippen molar-refractivity contribution >= 4 is 11.6 Å². The molecular formula is C18H25N3O. The minimum atomic E-state index is -0.141. The minimum Gasteiger partial charge on any atom is -0.326 e. The lowest BCUT2D eigenvalue weighted by Crippen LogP contribution is -2.25. The van der Waals surface area contributed by atoms with E-state index in [0.717, 1.165) is 22.6 Å². The number of aryl methyl sites for hydroxylation is 3. The van der Waals surface area contributed by atoms with Crippen molar-refractivity contribution in [3.05, 3.63) is 46.3 Å². The van der Waals surface area contributed by atoms with Crippen molar-refractivity contribution in [2.45, 2.75) is 48.1 Å². The predicted octanol–water partition coefficient (Wildman–Crippen LogP) is 3.70. The first-order chi connectivity index (χ1) is 10.3. The molecule has 1 N–H and O–H groups in total. The molecule has 0 aliphatic heterocycles. The largest absolute Gasteiger partial charge is 0.326 e. The number of benzene rings is 1. The number of carbonyl (C=O) groups is 1. The molecule has 2 rings (SSSR count). The van der Waals surface area contributed by atoms with E-state index < -0.39 is 0 Å². The number of hydrogen-bond donors (Lipinski definition) is 1. The second kappa shape index (κ2) is 6.34. The van der Waals surface area contributed by atoms with Crippen molar-refractivity contribution in [3.8, 4) is 0 Å². The summed E-state index contributed by atoms with van der Waals surface area (Å²) in [5, 5.41) is 7.52. The van der Waals surface area contributed by atoms with Crippen LogP contribution >= 0.6 is 0 Å². The Kier molecular flexibility index (Phi) is 4.69. The Morgan fingerprint density at radius 1 is 1.23 bits per heavy atom. The minimum absolute atomic E-state index is 0.0251. The van der Waals surface area contributed by atoms with Crippen LogP contribution in [0.15, 0.2) is 18.2 Å². The molecule has 0 aliphatic rings. The molecule has 1 aromatic heterocycles. The Labute approximate surface area is 132 Å². The molecule has 1 heterocycles. The van der Waals surface area contributed by atoms with Crippen molar-refractivity contribution < 1.29 is 4.79 Å². The van der Waals surface area contributed by atoms with Crippen molar-refractivity contribution in [2.75, 3.05) is 5.32 Å². The summed E-state index contributed by atoms with van der Waals surface area (Å²) < 4.78 is 1.93. The summed E-state index contributed by atoms with van der Waals surface area (Å²) in [6.45, 7) is 12.7. The Balaban J connectivity index is 2.07. The van der Waals surface area contributed by atoms with Crippen molar-refractivity contribution in [1.29, 1.82) is 0 Å². The van der Waals surface area contributed by atoms with Crippen LogP contribution in [0.2, 0.25) is 0 Å². The van der Waals surface area contributed by atoms with Crippen LogP contribution in [0.3, 0.4) is 0 Å². The van der Waals surface area contributed by atoms with Gasteiger partial charge < -0.3 is 5.32 Å². The molecule has 1 aromatic carbocycles. The fraction of sp³-hybridized carbons (Fsp3) is 0.444. The maximum atomic E-state index is 12.4. The Hall–Kier alpha value is -2.10. The molecule has 0 spiro atoms. The van der Waals surface area contributed by atoms with Crippen LogP contribution in [-0.2, 0) is 11.3 Å². The summed E-state index contributed by atoms with van der Waals surface area (Å²) in [5.41, 5.74) is 6.52. The highest BCUT2D eigenvalue weighted by atomic mass is 16.1. The van der Waals surface area contributed by atoms with Gasteiger partial charge in [-0.2, -0.15) is 5.10 Å². The smallest absolute Gasteiger partial charge is 0.229 e. The van der Waals surface area contributed by atoms with E-state index in [9.17, 15) is 4.79 Å². The zero-order valence-corrected chi connectivity index (χ0v) is 14.3. The molecule has 22 heavy (non-hydrogen) atoms. The molecular weight excluding hydrogens is 274 g/mol. The first-order valence-corrected chi connectivity index (χ1v) is 7.68. The van der Waals surface area contributed by atoms with Crippen molar-refractivity contribution in [1.82, 2.24) is 9.78 Å². The molecule has 0 fully saturated rings. The van der Waals surface area contributed by atoms with E-state index in [0.29, 0.717) is 6.54 Å². The highest BCUT2D eigenvalue weighted by Crippen LogP contribution is 2.18. The second-order valence-electron chi connectivity index (χ2n) is 6.19. The maximum Gasteiger partial charge on any atom is 0.229 e. The molecule has 0 saturated carbocycles. The van der Waals surface area contributed by atoms with E-state index in [1.807, 2.05) is 51.4 Å². The first-order valence-electron chi connectivity index (χ1n) is 7.68. The molecule has 4 nitrogen and oxygen atoms in total. The lowest BCUT2D eigenvalue weighted by molar-refractivity contribution is -0.119. The summed E-state index contributed by atoms with van der Waals surface area (Å²) in [4.78, 5) is 12.4. The molecule has 0 saturated heterocycles. The number of rotatable bonds is 4. The number of aromatic nitrogens is 2. The fourth-order valence-corrected chi connectivity index (χ4v) is 2.52. The summed E-state index contributed by atoms with van der Waals surface area (Å²) in [6.07, 6.45) is 0. The van der Waals surface area contributed by atoms with Crippen LogP contribution in [0.5, 0.6) is 0 Å². The first kappa shape index (κ1) is 16.3. The van der Waals surface area contributed by atoms with Gasteiger partial charge in [0.1, 0.15) is 0 Å². The number of nitrogens with one attached hydrogen (secondary N) is 1. The zero-order chi connectivity index (χ0) is 16.4. The second-order valence-corrected chi connectivity index (χ2v) is 6.19. The van der Waals surface area contributed by atoms with E-state index >= 15 is 0 Å². The van der Waals surface area contributed by atoms with Crippen LogP contribution in [-0.4, -0.2) is 15.7 Å². The van der Waals surface area contributed by atoms with Gasteiger partial charge >= 0.3 is 0 Å². The summed E-state index contributed by atoms with van der Waals surface area (Å²) >= 11 is 0. The molecule has 118 valence electrons. The van der Waals surface area contributed by atoms with Gasteiger partial charge in [-0.05, 0) is 51.8 Å². The van der Waals surface area contributed by atoms with Gasteiger partial charge in [0.05, 0.1) is 18.2 Å². The third kappa shape index (κ3) is 3.38. The van der Waals surface area contributed by atoms with Crippen LogP contribution in [0, 0.1) is 40.5 Å². The molecule has 0 bridgehead atoms. The number of amides is 1. The number of anilines is 1. The zero-order valence-electron chi connectivity index (χ0n) is 14.3.